The lowest BCUT2D eigenvalue weighted by atomic mass is 10.0. The first kappa shape index (κ1) is 29.3. The Balaban J connectivity index is 1.84. The van der Waals surface area contributed by atoms with Crippen LogP contribution in [0.4, 0.5) is 0 Å². The summed E-state index contributed by atoms with van der Waals surface area (Å²) in [6, 6.07) is 3.31. The molecule has 0 radical (unpaired) electrons. The fraction of sp³-hybridized carbons (Fsp3) is 0.423. The summed E-state index contributed by atoms with van der Waals surface area (Å²) >= 11 is 0. The molecular formula is C26H36N8O5. The maximum Gasteiger partial charge on any atom is 0.326 e. The van der Waals surface area contributed by atoms with E-state index < -0.39 is 47.9 Å². The van der Waals surface area contributed by atoms with Crippen LogP contribution in [0.25, 0.3) is 10.9 Å². The van der Waals surface area contributed by atoms with Gasteiger partial charge in [0.2, 0.25) is 17.7 Å². The van der Waals surface area contributed by atoms with Gasteiger partial charge in [-0.1, -0.05) is 18.2 Å². The third-order valence-corrected chi connectivity index (χ3v) is 6.32. The first-order chi connectivity index (χ1) is 18.7. The van der Waals surface area contributed by atoms with E-state index in [2.05, 4.69) is 30.9 Å². The minimum atomic E-state index is -1.27. The molecule has 2 heterocycles. The first-order valence-electron chi connectivity index (χ1n) is 12.8. The second kappa shape index (κ2) is 14.1. The fourth-order valence-corrected chi connectivity index (χ4v) is 4.16. The molecule has 0 aliphatic heterocycles. The van der Waals surface area contributed by atoms with Crippen LogP contribution in [0.15, 0.2) is 43.0 Å². The molecule has 2 aromatic heterocycles. The number of carbonyl (C=O) groups is 4. The van der Waals surface area contributed by atoms with E-state index in [-0.39, 0.29) is 12.8 Å². The van der Waals surface area contributed by atoms with Crippen LogP contribution >= 0.6 is 0 Å². The standard InChI is InChI=1S/C26H36N8O5/c1-15(28)23(35)32-20(8-4-5-9-27)24(36)33-21(10-16-12-30-19-7-3-2-6-18(16)19)25(37)34-22(26(38)39)11-17-13-29-14-31-17/h2-3,6-7,12-15,20-22,30H,4-5,8-11,27-28H2,1H3,(H,29,31)(H,32,35)(H,33,36)(H,34,37)(H,38,39). The number of imidazole rings is 1. The Bertz CT molecular complexity index is 1260. The maximum absolute atomic E-state index is 13.4. The number of H-pyrrole nitrogens is 2. The quantitative estimate of drug-likeness (QED) is 0.119. The van der Waals surface area contributed by atoms with Crippen molar-refractivity contribution in [1.29, 1.82) is 0 Å². The molecule has 1 aromatic carbocycles. The number of carboxylic acids is 1. The zero-order valence-corrected chi connectivity index (χ0v) is 21.8. The van der Waals surface area contributed by atoms with Crippen LogP contribution in [0.1, 0.15) is 37.4 Å². The van der Waals surface area contributed by atoms with Gasteiger partial charge in [0.25, 0.3) is 0 Å². The smallest absolute Gasteiger partial charge is 0.326 e. The lowest BCUT2D eigenvalue weighted by molar-refractivity contribution is -0.142. The minimum absolute atomic E-state index is 0.0268. The average molecular weight is 541 g/mol. The lowest BCUT2D eigenvalue weighted by Crippen LogP contribution is -2.57. The summed E-state index contributed by atoms with van der Waals surface area (Å²) in [5.74, 6) is -3.01. The van der Waals surface area contributed by atoms with Crippen molar-refractivity contribution in [2.75, 3.05) is 6.54 Å². The van der Waals surface area contributed by atoms with Crippen LogP contribution < -0.4 is 27.4 Å². The Labute approximate surface area is 225 Å². The molecule has 0 saturated heterocycles. The molecule has 0 spiro atoms. The highest BCUT2D eigenvalue weighted by Crippen LogP contribution is 2.19. The first-order valence-corrected chi connectivity index (χ1v) is 12.8. The highest BCUT2D eigenvalue weighted by molar-refractivity contribution is 5.94. The molecule has 0 bridgehead atoms. The number of amides is 3. The second-order valence-corrected chi connectivity index (χ2v) is 9.44. The molecule has 3 aromatic rings. The van der Waals surface area contributed by atoms with E-state index in [1.54, 1.807) is 6.20 Å². The third kappa shape index (κ3) is 8.38. The van der Waals surface area contributed by atoms with E-state index in [0.717, 1.165) is 16.5 Å². The number of para-hydroxylation sites is 1. The molecule has 4 atom stereocenters. The summed E-state index contributed by atoms with van der Waals surface area (Å²) in [5.41, 5.74) is 13.4. The largest absolute Gasteiger partial charge is 0.480 e. The highest BCUT2D eigenvalue weighted by atomic mass is 16.4. The molecule has 13 heteroatoms. The van der Waals surface area contributed by atoms with Crippen LogP contribution in [0.3, 0.4) is 0 Å². The number of nitrogens with two attached hydrogens (primary N) is 2. The van der Waals surface area contributed by atoms with Gasteiger partial charge in [-0.05, 0) is 44.4 Å². The summed E-state index contributed by atoms with van der Waals surface area (Å²) in [6.45, 7) is 1.93. The molecule has 39 heavy (non-hydrogen) atoms. The third-order valence-electron chi connectivity index (χ3n) is 6.32. The highest BCUT2D eigenvalue weighted by Gasteiger charge is 2.31. The second-order valence-electron chi connectivity index (χ2n) is 9.44. The number of nitrogens with zero attached hydrogens (tertiary/aromatic N) is 1. The minimum Gasteiger partial charge on any atom is -0.480 e. The van der Waals surface area contributed by atoms with Gasteiger partial charge in [0.15, 0.2) is 0 Å². The van der Waals surface area contributed by atoms with E-state index in [0.29, 0.717) is 31.5 Å². The molecule has 13 nitrogen and oxygen atoms in total. The van der Waals surface area contributed by atoms with Crippen molar-refractivity contribution >= 4 is 34.6 Å². The van der Waals surface area contributed by atoms with Crippen molar-refractivity contribution in [3.8, 4) is 0 Å². The number of hydrogen-bond acceptors (Lipinski definition) is 7. The monoisotopic (exact) mass is 540 g/mol. The van der Waals surface area contributed by atoms with Crippen molar-refractivity contribution in [3.63, 3.8) is 0 Å². The number of unbranched alkanes of at least 4 members (excludes halogenated alkanes) is 1. The summed E-state index contributed by atoms with van der Waals surface area (Å²) in [5, 5.41) is 18.5. The zero-order valence-electron chi connectivity index (χ0n) is 21.8. The van der Waals surface area contributed by atoms with Gasteiger partial charge < -0.3 is 42.5 Å². The topological polar surface area (TPSA) is 221 Å². The lowest BCUT2D eigenvalue weighted by Gasteiger charge is -2.25. The Hall–Kier alpha value is -4.23. The van der Waals surface area contributed by atoms with Crippen molar-refractivity contribution in [2.45, 2.75) is 63.2 Å². The molecule has 4 unspecified atom stereocenters. The SMILES string of the molecule is CC(N)C(=O)NC(CCCCN)C(=O)NC(Cc1c[nH]c2ccccc12)C(=O)NC(Cc1cnc[nH]1)C(=O)O. The van der Waals surface area contributed by atoms with Gasteiger partial charge in [-0.15, -0.1) is 0 Å². The number of aromatic amines is 2. The summed E-state index contributed by atoms with van der Waals surface area (Å²) in [4.78, 5) is 60.9. The van der Waals surface area contributed by atoms with E-state index >= 15 is 0 Å². The summed E-state index contributed by atoms with van der Waals surface area (Å²) in [6.07, 6.45) is 6.18. The number of carbonyl (C=O) groups excluding carboxylic acids is 3. The molecular weight excluding hydrogens is 504 g/mol. The molecule has 0 fully saturated rings. The Morgan fingerprint density at radius 1 is 0.949 bits per heavy atom. The molecule has 0 saturated carbocycles. The number of fused-ring (bicyclic) bond motifs is 1. The number of aliphatic carboxylic acids is 1. The van der Waals surface area contributed by atoms with Gasteiger partial charge in [0.05, 0.1) is 12.4 Å². The van der Waals surface area contributed by atoms with Gasteiger partial charge in [-0.2, -0.15) is 0 Å². The molecule has 3 rings (SSSR count). The van der Waals surface area contributed by atoms with Gasteiger partial charge >= 0.3 is 5.97 Å². The Morgan fingerprint density at radius 2 is 1.64 bits per heavy atom. The fourth-order valence-electron chi connectivity index (χ4n) is 4.16. The van der Waals surface area contributed by atoms with Gasteiger partial charge in [0.1, 0.15) is 18.1 Å². The van der Waals surface area contributed by atoms with Crippen LogP contribution in [0.2, 0.25) is 0 Å². The van der Waals surface area contributed by atoms with Crippen LogP contribution in [-0.2, 0) is 32.0 Å². The number of rotatable bonds is 15. The van der Waals surface area contributed by atoms with Crippen LogP contribution in [0.5, 0.6) is 0 Å². The number of aromatic nitrogens is 3. The molecule has 10 N–H and O–H groups in total. The van der Waals surface area contributed by atoms with Crippen molar-refractivity contribution < 1.29 is 24.3 Å². The predicted molar refractivity (Wildman–Crippen MR) is 144 cm³/mol. The van der Waals surface area contributed by atoms with E-state index in [4.69, 9.17) is 11.5 Å². The van der Waals surface area contributed by atoms with Crippen molar-refractivity contribution in [2.24, 2.45) is 11.5 Å². The number of benzene rings is 1. The van der Waals surface area contributed by atoms with Gasteiger partial charge in [-0.3, -0.25) is 14.4 Å². The molecule has 0 aliphatic rings. The summed E-state index contributed by atoms with van der Waals surface area (Å²) in [7, 11) is 0. The average Bonchev–Trinajstić information content (AvgIpc) is 3.57. The van der Waals surface area contributed by atoms with Crippen LogP contribution in [-0.4, -0.2) is 74.5 Å². The molecule has 3 amide bonds. The maximum atomic E-state index is 13.4. The molecule has 0 aliphatic carbocycles. The predicted octanol–water partition coefficient (Wildman–Crippen LogP) is -0.309. The Kier molecular flexibility index (Phi) is 10.6. The normalized spacial score (nSPS) is 14.2. The number of carboxylic acid groups (broad SMARTS) is 1. The number of hydrogen-bond donors (Lipinski definition) is 8. The summed E-state index contributed by atoms with van der Waals surface area (Å²) < 4.78 is 0. The zero-order chi connectivity index (χ0) is 28.4. The Morgan fingerprint density at radius 3 is 2.31 bits per heavy atom. The molecule has 210 valence electrons. The number of nitrogens with one attached hydrogen (secondary N) is 5. The van der Waals surface area contributed by atoms with Crippen LogP contribution in [0, 0.1) is 0 Å². The van der Waals surface area contributed by atoms with E-state index in [9.17, 15) is 24.3 Å². The van der Waals surface area contributed by atoms with Crippen molar-refractivity contribution in [3.05, 3.63) is 54.2 Å². The van der Waals surface area contributed by atoms with Gasteiger partial charge in [-0.25, -0.2) is 9.78 Å². The van der Waals surface area contributed by atoms with E-state index in [1.807, 2.05) is 24.3 Å². The van der Waals surface area contributed by atoms with E-state index in [1.165, 1.54) is 19.4 Å². The van der Waals surface area contributed by atoms with Crippen molar-refractivity contribution in [1.82, 2.24) is 30.9 Å². The van der Waals surface area contributed by atoms with Gasteiger partial charge in [0, 0.05) is 41.8 Å².